The van der Waals surface area contributed by atoms with Crippen molar-refractivity contribution >= 4 is 11.3 Å². The van der Waals surface area contributed by atoms with Crippen molar-refractivity contribution in [3.05, 3.63) is 43.6 Å². The predicted molar refractivity (Wildman–Crippen MR) is 49.1 cm³/mol. The topological polar surface area (TPSA) is 70.7 Å². The van der Waals surface area contributed by atoms with Crippen molar-refractivity contribution in [2.75, 3.05) is 0 Å². The summed E-state index contributed by atoms with van der Waals surface area (Å²) in [5, 5.41) is 1.71. The van der Waals surface area contributed by atoms with Gasteiger partial charge in [0.2, 0.25) is 0 Å². The van der Waals surface area contributed by atoms with E-state index in [1.54, 1.807) is 17.8 Å². The summed E-state index contributed by atoms with van der Waals surface area (Å²) in [5.41, 5.74) is 0.573. The number of thiazole rings is 1. The van der Waals surface area contributed by atoms with Crippen molar-refractivity contribution in [3.8, 4) is 0 Å². The zero-order valence-electron chi connectivity index (χ0n) is 6.61. The second-order valence-electron chi connectivity index (χ2n) is 2.57. The number of aromatic amines is 2. The molecule has 2 N–H and O–H groups in total. The maximum Gasteiger partial charge on any atom is 0.325 e. The molecule has 0 atom stereocenters. The van der Waals surface area contributed by atoms with Gasteiger partial charge in [0.15, 0.2) is 0 Å². The number of H-pyrrole nitrogens is 2. The lowest BCUT2D eigenvalue weighted by molar-refractivity contribution is 0.745. The van der Waals surface area contributed by atoms with Gasteiger partial charge in [-0.05, 0) is 0 Å². The van der Waals surface area contributed by atoms with Gasteiger partial charge >= 0.3 is 10.6 Å². The largest absolute Gasteiger partial charge is 0.325 e. The van der Waals surface area contributed by atoms with Gasteiger partial charge < -0.3 is 9.97 Å². The molecule has 68 valence electrons. The number of nitrogens with zero attached hydrogens (tertiary/aromatic N) is 1. The van der Waals surface area contributed by atoms with Crippen LogP contribution in [0.3, 0.4) is 0 Å². The molecule has 0 saturated heterocycles. The van der Waals surface area contributed by atoms with Crippen LogP contribution in [0.1, 0.15) is 5.69 Å². The summed E-state index contributed by atoms with van der Waals surface area (Å²) in [4.78, 5) is 26.9. The zero-order chi connectivity index (χ0) is 9.26. The van der Waals surface area contributed by atoms with Crippen molar-refractivity contribution in [2.45, 2.75) is 6.54 Å². The molecule has 2 aromatic rings. The van der Waals surface area contributed by atoms with Crippen LogP contribution in [0.5, 0.6) is 0 Å². The molecule has 0 aromatic carbocycles. The van der Waals surface area contributed by atoms with Crippen LogP contribution < -0.4 is 10.6 Å². The van der Waals surface area contributed by atoms with Gasteiger partial charge in [-0.2, -0.15) is 0 Å². The maximum absolute atomic E-state index is 11.0. The molecule has 13 heavy (non-hydrogen) atoms. The fourth-order valence-electron chi connectivity index (χ4n) is 1.05. The highest BCUT2D eigenvalue weighted by Gasteiger charge is 1.99. The standard InChI is InChI=1S/C7H7N3O2S/c11-6-8-1-2-10(6)3-5-4-13-7(12)9-5/h1-2,4H,3H2,(H,8,11)(H,9,12). The molecule has 0 fully saturated rings. The number of aromatic nitrogens is 3. The van der Waals surface area contributed by atoms with Crippen molar-refractivity contribution in [2.24, 2.45) is 0 Å². The van der Waals surface area contributed by atoms with E-state index in [1.165, 1.54) is 4.57 Å². The molecule has 0 saturated carbocycles. The fraction of sp³-hybridized carbons (Fsp3) is 0.143. The zero-order valence-corrected chi connectivity index (χ0v) is 7.43. The fourth-order valence-corrected chi connectivity index (χ4v) is 1.62. The molecule has 0 aliphatic rings. The number of hydrogen-bond acceptors (Lipinski definition) is 3. The maximum atomic E-state index is 11.0. The minimum Gasteiger partial charge on any atom is -0.315 e. The second kappa shape index (κ2) is 3.06. The SMILES string of the molecule is O=c1[nH]c(Cn2cc[nH]c2=O)cs1. The van der Waals surface area contributed by atoms with Crippen molar-refractivity contribution in [1.82, 2.24) is 14.5 Å². The first-order chi connectivity index (χ1) is 6.25. The van der Waals surface area contributed by atoms with Crippen LogP contribution >= 0.6 is 11.3 Å². The van der Waals surface area contributed by atoms with Gasteiger partial charge in [0.05, 0.1) is 6.54 Å². The van der Waals surface area contributed by atoms with Crippen LogP contribution in [-0.4, -0.2) is 14.5 Å². The minimum atomic E-state index is -0.174. The normalized spacial score (nSPS) is 10.5. The average Bonchev–Trinajstić information content (AvgIpc) is 2.64. The first-order valence-electron chi connectivity index (χ1n) is 3.66. The van der Waals surface area contributed by atoms with Crippen LogP contribution in [0, 0.1) is 0 Å². The highest BCUT2D eigenvalue weighted by atomic mass is 32.1. The first-order valence-corrected chi connectivity index (χ1v) is 4.54. The number of imidazole rings is 1. The van der Waals surface area contributed by atoms with E-state index in [1.807, 2.05) is 0 Å². The summed E-state index contributed by atoms with van der Waals surface area (Å²) < 4.78 is 1.48. The van der Waals surface area contributed by atoms with E-state index in [9.17, 15) is 9.59 Å². The Hall–Kier alpha value is -1.56. The van der Waals surface area contributed by atoms with E-state index >= 15 is 0 Å². The van der Waals surface area contributed by atoms with Crippen LogP contribution in [0.2, 0.25) is 0 Å². The van der Waals surface area contributed by atoms with E-state index in [0.717, 1.165) is 17.0 Å². The lowest BCUT2D eigenvalue weighted by Gasteiger charge is -1.95. The molecule has 0 aliphatic heterocycles. The van der Waals surface area contributed by atoms with Gasteiger partial charge in [-0.25, -0.2) is 4.79 Å². The van der Waals surface area contributed by atoms with E-state index in [2.05, 4.69) is 9.97 Å². The number of nitrogens with one attached hydrogen (secondary N) is 2. The highest BCUT2D eigenvalue weighted by Crippen LogP contribution is 1.96. The molecule has 2 rings (SSSR count). The van der Waals surface area contributed by atoms with E-state index < -0.39 is 0 Å². The van der Waals surface area contributed by atoms with Gasteiger partial charge in [0.25, 0.3) is 0 Å². The summed E-state index contributed by atoms with van der Waals surface area (Å²) in [7, 11) is 0. The molecule has 0 unspecified atom stereocenters. The Kier molecular flexibility index (Phi) is 1.90. The predicted octanol–water partition coefficient (Wildman–Crippen LogP) is -0.0255. The quantitative estimate of drug-likeness (QED) is 0.710. The highest BCUT2D eigenvalue weighted by molar-refractivity contribution is 7.07. The van der Waals surface area contributed by atoms with Gasteiger partial charge in [0, 0.05) is 23.5 Å². The molecular weight excluding hydrogens is 190 g/mol. The third-order valence-corrected chi connectivity index (χ3v) is 2.35. The van der Waals surface area contributed by atoms with Crippen LogP contribution in [0.4, 0.5) is 0 Å². The monoisotopic (exact) mass is 197 g/mol. The lowest BCUT2D eigenvalue weighted by atomic mass is 10.5. The lowest BCUT2D eigenvalue weighted by Crippen LogP contribution is -2.17. The second-order valence-corrected chi connectivity index (χ2v) is 3.41. The summed E-state index contributed by atoms with van der Waals surface area (Å²) in [6, 6.07) is 0. The van der Waals surface area contributed by atoms with Crippen LogP contribution in [0.25, 0.3) is 0 Å². The van der Waals surface area contributed by atoms with E-state index in [-0.39, 0.29) is 10.6 Å². The van der Waals surface area contributed by atoms with Gasteiger partial charge in [-0.15, -0.1) is 0 Å². The average molecular weight is 197 g/mol. The van der Waals surface area contributed by atoms with Crippen LogP contribution in [-0.2, 0) is 6.54 Å². The van der Waals surface area contributed by atoms with Crippen molar-refractivity contribution < 1.29 is 0 Å². The Bertz CT molecular complexity index is 504. The molecule has 0 spiro atoms. The minimum absolute atomic E-state index is 0.0985. The van der Waals surface area contributed by atoms with Crippen molar-refractivity contribution in [3.63, 3.8) is 0 Å². The first kappa shape index (κ1) is 8.06. The molecular formula is C7H7N3O2S. The third-order valence-electron chi connectivity index (χ3n) is 1.63. The molecule has 6 heteroatoms. The molecule has 0 aliphatic carbocycles. The van der Waals surface area contributed by atoms with E-state index in [4.69, 9.17) is 0 Å². The van der Waals surface area contributed by atoms with Gasteiger partial charge in [-0.1, -0.05) is 11.3 Å². The summed E-state index contributed by atoms with van der Waals surface area (Å²) >= 11 is 1.10. The van der Waals surface area contributed by atoms with Crippen molar-refractivity contribution in [1.29, 1.82) is 0 Å². The third kappa shape index (κ3) is 1.62. The van der Waals surface area contributed by atoms with Gasteiger partial charge in [0.1, 0.15) is 0 Å². The number of hydrogen-bond donors (Lipinski definition) is 2. The Morgan fingerprint density at radius 2 is 2.31 bits per heavy atom. The molecule has 0 radical (unpaired) electrons. The van der Waals surface area contributed by atoms with Gasteiger partial charge in [-0.3, -0.25) is 9.36 Å². The molecule has 2 heterocycles. The smallest absolute Gasteiger partial charge is 0.315 e. The summed E-state index contributed by atoms with van der Waals surface area (Å²) in [6.07, 6.45) is 3.20. The molecule has 5 nitrogen and oxygen atoms in total. The Morgan fingerprint density at radius 3 is 2.85 bits per heavy atom. The summed E-state index contributed by atoms with van der Waals surface area (Å²) in [5.74, 6) is 0. The molecule has 0 amide bonds. The Morgan fingerprint density at radius 1 is 1.46 bits per heavy atom. The molecule has 0 bridgehead atoms. The van der Waals surface area contributed by atoms with E-state index in [0.29, 0.717) is 6.54 Å². The Labute approximate surface area is 76.7 Å². The van der Waals surface area contributed by atoms with Crippen LogP contribution in [0.15, 0.2) is 27.4 Å². The Balaban J connectivity index is 2.29. The summed E-state index contributed by atoms with van der Waals surface area (Å²) in [6.45, 7) is 0.404. The molecule has 2 aromatic heterocycles. The number of rotatable bonds is 2.